The van der Waals surface area contributed by atoms with Crippen molar-refractivity contribution < 1.29 is 13.2 Å². The van der Waals surface area contributed by atoms with Gasteiger partial charge in [0.25, 0.3) is 5.91 Å². The first-order chi connectivity index (χ1) is 8.64. The van der Waals surface area contributed by atoms with E-state index in [0.29, 0.717) is 17.7 Å². The average Bonchev–Trinajstić information content (AvgIpc) is 2.79. The van der Waals surface area contributed by atoms with Gasteiger partial charge in [-0.2, -0.15) is 0 Å². The van der Waals surface area contributed by atoms with E-state index in [1.54, 1.807) is 12.3 Å². The van der Waals surface area contributed by atoms with Crippen LogP contribution in [0.25, 0.3) is 0 Å². The molecule has 7 heteroatoms. The second-order valence-electron chi connectivity index (χ2n) is 5.48. The van der Waals surface area contributed by atoms with Crippen molar-refractivity contribution in [1.82, 2.24) is 4.90 Å². The number of nitrogens with two attached hydrogens (primary N) is 1. The molecule has 1 fully saturated rings. The first-order valence-electron chi connectivity index (χ1n) is 6.07. The molecule has 2 heterocycles. The Morgan fingerprint density at radius 1 is 1.47 bits per heavy atom. The van der Waals surface area contributed by atoms with Crippen LogP contribution < -0.4 is 5.14 Å². The highest BCUT2D eigenvalue weighted by Crippen LogP contribution is 2.33. The molecule has 5 nitrogen and oxygen atoms in total. The van der Waals surface area contributed by atoms with E-state index in [0.717, 1.165) is 24.2 Å². The zero-order valence-corrected chi connectivity index (χ0v) is 12.9. The van der Waals surface area contributed by atoms with E-state index in [1.807, 2.05) is 18.7 Å². The van der Waals surface area contributed by atoms with Crippen LogP contribution in [0.3, 0.4) is 0 Å². The Kier molecular flexibility index (Phi) is 3.49. The summed E-state index contributed by atoms with van der Waals surface area (Å²) in [4.78, 5) is 14.3. The lowest BCUT2D eigenvalue weighted by molar-refractivity contribution is 0.0651. The summed E-state index contributed by atoms with van der Waals surface area (Å²) in [6.07, 6.45) is 1.94. The maximum Gasteiger partial charge on any atom is 0.255 e. The van der Waals surface area contributed by atoms with Crippen LogP contribution >= 0.6 is 11.3 Å². The third-order valence-corrected chi connectivity index (χ3v) is 6.31. The third-order valence-electron chi connectivity index (χ3n) is 3.63. The van der Waals surface area contributed by atoms with Crippen LogP contribution in [0.5, 0.6) is 0 Å². The number of hydrogen-bond acceptors (Lipinski definition) is 4. The Labute approximate surface area is 117 Å². The number of nitrogens with zero attached hydrogens (tertiary/aromatic N) is 1. The van der Waals surface area contributed by atoms with Crippen molar-refractivity contribution in [2.75, 3.05) is 6.54 Å². The lowest BCUT2D eigenvalue weighted by atomic mass is 10.0. The number of carbonyl (C=O) groups excluding carboxylic acids is 1. The van der Waals surface area contributed by atoms with Crippen molar-refractivity contribution in [2.45, 2.75) is 43.4 Å². The maximum absolute atomic E-state index is 12.5. The number of primary sulfonamides is 1. The van der Waals surface area contributed by atoms with Crippen LogP contribution in [-0.4, -0.2) is 31.3 Å². The van der Waals surface area contributed by atoms with Crippen molar-refractivity contribution in [3.05, 3.63) is 16.5 Å². The first kappa shape index (κ1) is 14.5. The summed E-state index contributed by atoms with van der Waals surface area (Å²) in [5, 5.41) is 6.72. The van der Waals surface area contributed by atoms with Gasteiger partial charge in [0, 0.05) is 17.5 Å². The minimum atomic E-state index is -3.75. The zero-order valence-electron chi connectivity index (χ0n) is 11.3. The Morgan fingerprint density at radius 2 is 2.11 bits per heavy atom. The van der Waals surface area contributed by atoms with Gasteiger partial charge in [-0.05, 0) is 39.2 Å². The van der Waals surface area contributed by atoms with Crippen LogP contribution in [-0.2, 0) is 10.0 Å². The van der Waals surface area contributed by atoms with Crippen LogP contribution in [0.1, 0.15) is 42.6 Å². The highest BCUT2D eigenvalue weighted by Gasteiger charge is 2.37. The van der Waals surface area contributed by atoms with Gasteiger partial charge in [0.1, 0.15) is 4.21 Å². The number of hydrogen-bond donors (Lipinski definition) is 1. The molecule has 0 bridgehead atoms. The van der Waals surface area contributed by atoms with Crippen LogP contribution in [0.4, 0.5) is 0 Å². The largest absolute Gasteiger partial charge is 0.333 e. The molecule has 0 aliphatic carbocycles. The van der Waals surface area contributed by atoms with E-state index in [4.69, 9.17) is 5.14 Å². The third kappa shape index (κ3) is 2.54. The van der Waals surface area contributed by atoms with Gasteiger partial charge in [0.2, 0.25) is 10.0 Å². The van der Waals surface area contributed by atoms with Gasteiger partial charge in [-0.1, -0.05) is 0 Å². The standard InChI is InChI=1S/C12H18N2O3S2/c1-8-9(7-18-11(8)19(13,16)17)10(15)14-6-4-5-12(14,2)3/h7H,4-6H2,1-3H3,(H2,13,16,17). The van der Waals surface area contributed by atoms with Gasteiger partial charge in [-0.15, -0.1) is 11.3 Å². The molecule has 2 N–H and O–H groups in total. The highest BCUT2D eigenvalue weighted by atomic mass is 32.2. The van der Waals surface area contributed by atoms with E-state index in [9.17, 15) is 13.2 Å². The molecule has 0 spiro atoms. The summed E-state index contributed by atoms with van der Waals surface area (Å²) in [5.74, 6) is -0.105. The van der Waals surface area contributed by atoms with Crippen molar-refractivity contribution >= 4 is 27.3 Å². The quantitative estimate of drug-likeness (QED) is 0.903. The number of thiophene rings is 1. The van der Waals surface area contributed by atoms with Crippen LogP contribution in [0.15, 0.2) is 9.59 Å². The van der Waals surface area contributed by atoms with Crippen LogP contribution in [0, 0.1) is 6.92 Å². The second-order valence-corrected chi connectivity index (χ2v) is 8.12. The van der Waals surface area contributed by atoms with Gasteiger partial charge in [-0.3, -0.25) is 4.79 Å². The Hall–Kier alpha value is -0.920. The van der Waals surface area contributed by atoms with Crippen LogP contribution in [0.2, 0.25) is 0 Å². The van der Waals surface area contributed by atoms with E-state index in [2.05, 4.69) is 0 Å². The molecule has 1 aliphatic rings. The molecule has 0 atom stereocenters. The topological polar surface area (TPSA) is 80.5 Å². The minimum absolute atomic E-state index is 0.0767. The Bertz CT molecular complexity index is 617. The molecule has 0 unspecified atom stereocenters. The van der Waals surface area contributed by atoms with Crippen molar-refractivity contribution in [2.24, 2.45) is 5.14 Å². The lowest BCUT2D eigenvalue weighted by Crippen LogP contribution is -2.42. The lowest BCUT2D eigenvalue weighted by Gasteiger charge is -2.31. The van der Waals surface area contributed by atoms with E-state index in [-0.39, 0.29) is 15.7 Å². The molecular weight excluding hydrogens is 284 g/mol. The fourth-order valence-electron chi connectivity index (χ4n) is 2.52. The number of sulfonamides is 1. The van der Waals surface area contributed by atoms with Gasteiger partial charge >= 0.3 is 0 Å². The number of amides is 1. The molecule has 0 radical (unpaired) electrons. The molecule has 0 aromatic carbocycles. The van der Waals surface area contributed by atoms with E-state index < -0.39 is 10.0 Å². The van der Waals surface area contributed by atoms with E-state index in [1.165, 1.54) is 0 Å². The smallest absolute Gasteiger partial charge is 0.255 e. The summed E-state index contributed by atoms with van der Waals surface area (Å²) in [5.41, 5.74) is 0.733. The molecular formula is C12H18N2O3S2. The van der Waals surface area contributed by atoms with Crippen molar-refractivity contribution in [3.63, 3.8) is 0 Å². The molecule has 106 valence electrons. The molecule has 19 heavy (non-hydrogen) atoms. The van der Waals surface area contributed by atoms with Gasteiger partial charge < -0.3 is 4.90 Å². The molecule has 1 aromatic rings. The van der Waals surface area contributed by atoms with Crippen molar-refractivity contribution in [3.8, 4) is 0 Å². The summed E-state index contributed by atoms with van der Waals surface area (Å²) in [6.45, 7) is 6.40. The normalized spacial score (nSPS) is 18.8. The molecule has 0 saturated carbocycles. The second kappa shape index (κ2) is 4.57. The fourth-order valence-corrected chi connectivity index (χ4v) is 4.53. The molecule has 1 aliphatic heterocycles. The first-order valence-corrected chi connectivity index (χ1v) is 8.50. The average molecular weight is 302 g/mol. The molecule has 2 rings (SSSR count). The number of rotatable bonds is 2. The summed E-state index contributed by atoms with van der Waals surface area (Å²) in [7, 11) is -3.75. The monoisotopic (exact) mass is 302 g/mol. The predicted octanol–water partition coefficient (Wildman–Crippen LogP) is 1.72. The maximum atomic E-state index is 12.5. The molecule has 1 saturated heterocycles. The summed E-state index contributed by atoms with van der Waals surface area (Å²) >= 11 is 1.01. The van der Waals surface area contributed by atoms with Crippen molar-refractivity contribution in [1.29, 1.82) is 0 Å². The number of carbonyl (C=O) groups is 1. The highest BCUT2D eigenvalue weighted by molar-refractivity contribution is 7.91. The minimum Gasteiger partial charge on any atom is -0.333 e. The van der Waals surface area contributed by atoms with E-state index >= 15 is 0 Å². The summed E-state index contributed by atoms with van der Waals surface area (Å²) < 4.78 is 22.9. The zero-order chi connectivity index (χ0) is 14.4. The summed E-state index contributed by atoms with van der Waals surface area (Å²) in [6, 6.07) is 0. The molecule has 1 amide bonds. The Balaban J connectivity index is 2.39. The predicted molar refractivity (Wildman–Crippen MR) is 74.8 cm³/mol. The van der Waals surface area contributed by atoms with Gasteiger partial charge in [0.15, 0.2) is 0 Å². The fraction of sp³-hybridized carbons (Fsp3) is 0.583. The van der Waals surface area contributed by atoms with Gasteiger partial charge in [0.05, 0.1) is 5.56 Å². The Morgan fingerprint density at radius 3 is 2.53 bits per heavy atom. The molecule has 1 aromatic heterocycles. The van der Waals surface area contributed by atoms with Gasteiger partial charge in [-0.25, -0.2) is 13.6 Å². The number of likely N-dealkylation sites (tertiary alicyclic amines) is 1. The SMILES string of the molecule is Cc1c(C(=O)N2CCCC2(C)C)csc1S(N)(=O)=O.